The Morgan fingerprint density at radius 1 is 1.32 bits per heavy atom. The average Bonchev–Trinajstić information content (AvgIpc) is 3.37. The van der Waals surface area contributed by atoms with Gasteiger partial charge in [-0.1, -0.05) is 28.1 Å². The average molecular weight is 486 g/mol. The van der Waals surface area contributed by atoms with E-state index in [0.29, 0.717) is 34.7 Å². The number of nitrogens with two attached hydrogens (primary N) is 1. The second-order valence-corrected chi connectivity index (χ2v) is 7.50. The van der Waals surface area contributed by atoms with Crippen molar-refractivity contribution in [2.45, 2.75) is 13.3 Å². The number of rotatable bonds is 7. The number of hydrogen-bond acceptors (Lipinski definition) is 8. The third-order valence-corrected chi connectivity index (χ3v) is 5.24. The maximum Gasteiger partial charge on any atom is 0.264 e. The molecule has 2 heterocycles. The molecule has 1 aliphatic heterocycles. The number of fused-ring (bicyclic) bond motifs is 1. The van der Waals surface area contributed by atoms with Gasteiger partial charge in [-0.25, -0.2) is 0 Å². The summed E-state index contributed by atoms with van der Waals surface area (Å²) in [5.74, 6) is 0.890. The molecule has 0 aliphatic carbocycles. The van der Waals surface area contributed by atoms with Crippen LogP contribution in [-0.2, 0) is 11.2 Å². The lowest BCUT2D eigenvalue weighted by Crippen LogP contribution is -2.33. The standard InChI is InChI=1S/C20H20BrN7O3/c1-2-30-17-10-13(11-23-28-20(22)24-25-26-28)9-15(21)19(17)31-12-18(29)27-8-7-14-5-3-4-6-16(14)27/h3-6,9-11H,2,7-8,12H2,1H3,(H2,22,24,26)/b23-11-. The minimum atomic E-state index is -0.112. The zero-order chi connectivity index (χ0) is 21.8. The van der Waals surface area contributed by atoms with Gasteiger partial charge in [0.05, 0.1) is 17.3 Å². The van der Waals surface area contributed by atoms with Gasteiger partial charge in [0.2, 0.25) is 0 Å². The molecular weight excluding hydrogens is 466 g/mol. The van der Waals surface area contributed by atoms with Crippen LogP contribution in [0.2, 0.25) is 0 Å². The van der Waals surface area contributed by atoms with Crippen LogP contribution in [0.5, 0.6) is 11.5 Å². The van der Waals surface area contributed by atoms with Crippen molar-refractivity contribution in [3.63, 3.8) is 0 Å². The maximum absolute atomic E-state index is 12.8. The minimum absolute atomic E-state index is 0.0716. The molecule has 4 rings (SSSR count). The summed E-state index contributed by atoms with van der Waals surface area (Å²) in [6.45, 7) is 2.83. The van der Waals surface area contributed by atoms with Crippen molar-refractivity contribution >= 4 is 39.7 Å². The Bertz CT molecular complexity index is 1130. The Labute approximate surface area is 186 Å². The highest BCUT2D eigenvalue weighted by Crippen LogP contribution is 2.37. The molecule has 0 saturated carbocycles. The number of tetrazole rings is 1. The molecule has 0 spiro atoms. The van der Waals surface area contributed by atoms with Gasteiger partial charge in [0.1, 0.15) is 0 Å². The number of aromatic nitrogens is 4. The molecule has 160 valence electrons. The number of benzene rings is 2. The van der Waals surface area contributed by atoms with E-state index in [-0.39, 0.29) is 18.5 Å². The predicted octanol–water partition coefficient (Wildman–Crippen LogP) is 2.27. The van der Waals surface area contributed by atoms with Crippen LogP contribution >= 0.6 is 15.9 Å². The highest BCUT2D eigenvalue weighted by molar-refractivity contribution is 9.10. The number of nitrogen functional groups attached to an aromatic ring is 1. The highest BCUT2D eigenvalue weighted by atomic mass is 79.9. The van der Waals surface area contributed by atoms with E-state index in [1.54, 1.807) is 17.0 Å². The van der Waals surface area contributed by atoms with E-state index in [1.165, 1.54) is 11.8 Å². The van der Waals surface area contributed by atoms with Gasteiger partial charge in [-0.05, 0) is 69.0 Å². The van der Waals surface area contributed by atoms with Crippen molar-refractivity contribution in [2.75, 3.05) is 30.4 Å². The first kappa shape index (κ1) is 20.8. The number of carbonyl (C=O) groups is 1. The van der Waals surface area contributed by atoms with E-state index >= 15 is 0 Å². The number of halogens is 1. The van der Waals surface area contributed by atoms with Crippen LogP contribution in [0.15, 0.2) is 46.0 Å². The van der Waals surface area contributed by atoms with Crippen molar-refractivity contribution < 1.29 is 14.3 Å². The number of ether oxygens (including phenoxy) is 2. The Kier molecular flexibility index (Phi) is 6.12. The fourth-order valence-corrected chi connectivity index (χ4v) is 3.84. The third-order valence-electron chi connectivity index (χ3n) is 4.65. The lowest BCUT2D eigenvalue weighted by atomic mass is 10.2. The van der Waals surface area contributed by atoms with Crippen LogP contribution in [0.3, 0.4) is 0 Å². The Morgan fingerprint density at radius 2 is 2.16 bits per heavy atom. The lowest BCUT2D eigenvalue weighted by molar-refractivity contribution is -0.120. The highest BCUT2D eigenvalue weighted by Gasteiger charge is 2.25. The first-order chi connectivity index (χ1) is 15.1. The molecule has 3 aromatic rings. The third kappa shape index (κ3) is 4.50. The van der Waals surface area contributed by atoms with Crippen LogP contribution < -0.4 is 20.1 Å². The van der Waals surface area contributed by atoms with Crippen molar-refractivity contribution in [1.29, 1.82) is 0 Å². The van der Waals surface area contributed by atoms with Gasteiger partial charge in [-0.15, -0.1) is 0 Å². The summed E-state index contributed by atoms with van der Waals surface area (Å²) in [6.07, 6.45) is 2.38. The lowest BCUT2D eigenvalue weighted by Gasteiger charge is -2.19. The van der Waals surface area contributed by atoms with Gasteiger partial charge in [0.25, 0.3) is 11.9 Å². The van der Waals surface area contributed by atoms with Crippen molar-refractivity contribution in [3.05, 3.63) is 52.0 Å². The molecule has 10 nitrogen and oxygen atoms in total. The van der Waals surface area contributed by atoms with E-state index in [2.05, 4.69) is 36.6 Å². The molecule has 2 aromatic carbocycles. The summed E-state index contributed by atoms with van der Waals surface area (Å²) in [5, 5.41) is 14.8. The van der Waals surface area contributed by atoms with Gasteiger partial charge in [-0.2, -0.15) is 5.10 Å². The monoisotopic (exact) mass is 485 g/mol. The molecule has 1 amide bonds. The van der Waals surface area contributed by atoms with Gasteiger partial charge in [0.15, 0.2) is 18.1 Å². The van der Waals surface area contributed by atoms with E-state index < -0.39 is 0 Å². The minimum Gasteiger partial charge on any atom is -0.490 e. The SMILES string of the molecule is CCOc1cc(/C=N\n2nnnc2N)cc(Br)c1OCC(=O)N1CCc2ccccc21. The van der Waals surface area contributed by atoms with Crippen molar-refractivity contribution in [3.8, 4) is 11.5 Å². The molecule has 0 radical (unpaired) electrons. The fourth-order valence-electron chi connectivity index (χ4n) is 3.27. The van der Waals surface area contributed by atoms with Crippen LogP contribution in [0.1, 0.15) is 18.1 Å². The zero-order valence-corrected chi connectivity index (χ0v) is 18.3. The number of amides is 1. The van der Waals surface area contributed by atoms with Gasteiger partial charge in [0, 0.05) is 12.2 Å². The van der Waals surface area contributed by atoms with Gasteiger partial charge < -0.3 is 20.1 Å². The van der Waals surface area contributed by atoms with Crippen molar-refractivity contribution in [1.82, 2.24) is 20.3 Å². The number of nitrogens with zero attached hydrogens (tertiary/aromatic N) is 6. The van der Waals surface area contributed by atoms with E-state index in [1.807, 2.05) is 31.2 Å². The van der Waals surface area contributed by atoms with E-state index in [9.17, 15) is 4.79 Å². The summed E-state index contributed by atoms with van der Waals surface area (Å²) < 4.78 is 12.2. The molecule has 1 aromatic heterocycles. The molecule has 0 atom stereocenters. The first-order valence-corrected chi connectivity index (χ1v) is 10.4. The van der Waals surface area contributed by atoms with E-state index in [4.69, 9.17) is 15.2 Å². The Balaban J connectivity index is 1.50. The van der Waals surface area contributed by atoms with Crippen LogP contribution in [0.4, 0.5) is 11.6 Å². The summed E-state index contributed by atoms with van der Waals surface area (Å²) in [5.41, 5.74) is 8.42. The number of anilines is 2. The topological polar surface area (TPSA) is 121 Å². The molecule has 2 N–H and O–H groups in total. The number of carbonyl (C=O) groups excluding carboxylic acids is 1. The van der Waals surface area contributed by atoms with Crippen LogP contribution in [-0.4, -0.2) is 52.2 Å². The normalized spacial score (nSPS) is 12.9. The first-order valence-electron chi connectivity index (χ1n) is 9.62. The molecule has 0 bridgehead atoms. The zero-order valence-electron chi connectivity index (χ0n) is 16.7. The molecule has 1 aliphatic rings. The van der Waals surface area contributed by atoms with E-state index in [0.717, 1.165) is 16.9 Å². The summed E-state index contributed by atoms with van der Waals surface area (Å²) in [6, 6.07) is 11.4. The van der Waals surface area contributed by atoms with Crippen LogP contribution in [0.25, 0.3) is 0 Å². The smallest absolute Gasteiger partial charge is 0.264 e. The Morgan fingerprint density at radius 3 is 2.94 bits per heavy atom. The second-order valence-electron chi connectivity index (χ2n) is 6.65. The molecule has 11 heteroatoms. The van der Waals surface area contributed by atoms with Crippen molar-refractivity contribution in [2.24, 2.45) is 5.10 Å². The number of hydrogen-bond donors (Lipinski definition) is 1. The molecule has 0 saturated heterocycles. The maximum atomic E-state index is 12.8. The van der Waals surface area contributed by atoms with Gasteiger partial charge >= 0.3 is 0 Å². The second kappa shape index (κ2) is 9.13. The molecule has 31 heavy (non-hydrogen) atoms. The summed E-state index contributed by atoms with van der Waals surface area (Å²) in [7, 11) is 0. The predicted molar refractivity (Wildman–Crippen MR) is 119 cm³/mol. The van der Waals surface area contributed by atoms with Crippen LogP contribution in [0, 0.1) is 0 Å². The summed E-state index contributed by atoms with van der Waals surface area (Å²) >= 11 is 3.50. The fraction of sp³-hybridized carbons (Fsp3) is 0.250. The number of para-hydroxylation sites is 1. The van der Waals surface area contributed by atoms with Gasteiger partial charge in [-0.3, -0.25) is 4.79 Å². The molecule has 0 unspecified atom stereocenters. The molecule has 0 fully saturated rings. The molecular formula is C20H20BrN7O3. The largest absolute Gasteiger partial charge is 0.490 e. The Hall–Kier alpha value is -3.47. The summed E-state index contributed by atoms with van der Waals surface area (Å²) in [4.78, 5) is 15.6. The quantitative estimate of drug-likeness (QED) is 0.509.